The first kappa shape index (κ1) is 12.8. The van der Waals surface area contributed by atoms with E-state index in [-0.39, 0.29) is 6.04 Å². The SMILES string of the molecule is COCc1nc(N)cc(NC(C)c2ccsc2)n1. The summed E-state index contributed by atoms with van der Waals surface area (Å²) < 4.78 is 5.01. The first-order valence-corrected chi connectivity index (χ1v) is 6.54. The summed E-state index contributed by atoms with van der Waals surface area (Å²) in [4.78, 5) is 8.45. The molecule has 0 bridgehead atoms. The minimum Gasteiger partial charge on any atom is -0.384 e. The fraction of sp³-hybridized carbons (Fsp3) is 0.333. The van der Waals surface area contributed by atoms with Crippen LogP contribution in [0.2, 0.25) is 0 Å². The molecule has 0 amide bonds. The molecule has 0 saturated heterocycles. The number of hydrogen-bond donors (Lipinski definition) is 2. The molecule has 0 fully saturated rings. The number of nitrogen functional groups attached to an aromatic ring is 1. The Labute approximate surface area is 110 Å². The zero-order valence-electron chi connectivity index (χ0n) is 10.4. The molecule has 5 nitrogen and oxygen atoms in total. The zero-order valence-corrected chi connectivity index (χ0v) is 11.2. The third kappa shape index (κ3) is 3.18. The molecule has 96 valence electrons. The van der Waals surface area contributed by atoms with Crippen LogP contribution in [0.15, 0.2) is 22.9 Å². The molecule has 0 saturated carbocycles. The highest BCUT2D eigenvalue weighted by atomic mass is 32.1. The summed E-state index contributed by atoms with van der Waals surface area (Å²) in [5.74, 6) is 1.74. The molecule has 0 spiro atoms. The average Bonchev–Trinajstić information content (AvgIpc) is 2.81. The Bertz CT molecular complexity index is 501. The first-order chi connectivity index (χ1) is 8.69. The van der Waals surface area contributed by atoms with Crippen molar-refractivity contribution in [1.29, 1.82) is 0 Å². The monoisotopic (exact) mass is 264 g/mol. The summed E-state index contributed by atoms with van der Waals surface area (Å²) >= 11 is 1.68. The van der Waals surface area contributed by atoms with Crippen molar-refractivity contribution in [3.63, 3.8) is 0 Å². The maximum Gasteiger partial charge on any atom is 0.158 e. The van der Waals surface area contributed by atoms with Crippen LogP contribution in [0.3, 0.4) is 0 Å². The van der Waals surface area contributed by atoms with Crippen LogP contribution in [0.4, 0.5) is 11.6 Å². The van der Waals surface area contributed by atoms with Crippen LogP contribution in [-0.4, -0.2) is 17.1 Å². The molecular formula is C12H16N4OS. The summed E-state index contributed by atoms with van der Waals surface area (Å²) in [5.41, 5.74) is 6.97. The Kier molecular flexibility index (Phi) is 4.11. The second-order valence-electron chi connectivity index (χ2n) is 3.95. The summed E-state index contributed by atoms with van der Waals surface area (Å²) in [6.07, 6.45) is 0. The molecular weight excluding hydrogens is 248 g/mol. The van der Waals surface area contributed by atoms with Crippen molar-refractivity contribution >= 4 is 23.0 Å². The number of anilines is 2. The molecule has 0 aromatic carbocycles. The van der Waals surface area contributed by atoms with Gasteiger partial charge in [-0.15, -0.1) is 0 Å². The molecule has 2 rings (SSSR count). The van der Waals surface area contributed by atoms with Gasteiger partial charge in [-0.1, -0.05) is 0 Å². The van der Waals surface area contributed by atoms with E-state index in [1.54, 1.807) is 24.5 Å². The normalized spacial score (nSPS) is 12.3. The number of rotatable bonds is 5. The Morgan fingerprint density at radius 1 is 1.50 bits per heavy atom. The molecule has 0 aliphatic carbocycles. The number of nitrogens with two attached hydrogens (primary N) is 1. The molecule has 3 N–H and O–H groups in total. The van der Waals surface area contributed by atoms with E-state index in [1.807, 2.05) is 0 Å². The van der Waals surface area contributed by atoms with Crippen LogP contribution in [0.5, 0.6) is 0 Å². The van der Waals surface area contributed by atoms with Gasteiger partial charge in [0, 0.05) is 13.2 Å². The van der Waals surface area contributed by atoms with E-state index >= 15 is 0 Å². The van der Waals surface area contributed by atoms with E-state index in [9.17, 15) is 0 Å². The van der Waals surface area contributed by atoms with E-state index in [2.05, 4.69) is 39.0 Å². The fourth-order valence-electron chi connectivity index (χ4n) is 1.61. The number of thiophene rings is 1. The highest BCUT2D eigenvalue weighted by Gasteiger charge is 2.08. The fourth-order valence-corrected chi connectivity index (χ4v) is 2.37. The number of methoxy groups -OCH3 is 1. The Morgan fingerprint density at radius 2 is 2.33 bits per heavy atom. The average molecular weight is 264 g/mol. The summed E-state index contributed by atoms with van der Waals surface area (Å²) in [6, 6.07) is 3.99. The van der Waals surface area contributed by atoms with Gasteiger partial charge in [0.25, 0.3) is 0 Å². The van der Waals surface area contributed by atoms with Crippen molar-refractivity contribution in [2.75, 3.05) is 18.2 Å². The molecule has 2 aromatic rings. The topological polar surface area (TPSA) is 73.1 Å². The Morgan fingerprint density at radius 3 is 3.00 bits per heavy atom. The van der Waals surface area contributed by atoms with Crippen LogP contribution in [0, 0.1) is 0 Å². The smallest absolute Gasteiger partial charge is 0.158 e. The van der Waals surface area contributed by atoms with Gasteiger partial charge >= 0.3 is 0 Å². The molecule has 0 radical (unpaired) electrons. The second-order valence-corrected chi connectivity index (χ2v) is 4.73. The van der Waals surface area contributed by atoms with Crippen LogP contribution in [0.1, 0.15) is 24.4 Å². The highest BCUT2D eigenvalue weighted by Crippen LogP contribution is 2.20. The van der Waals surface area contributed by atoms with E-state index in [1.165, 1.54) is 5.56 Å². The largest absolute Gasteiger partial charge is 0.384 e. The van der Waals surface area contributed by atoms with Gasteiger partial charge in [0.15, 0.2) is 5.82 Å². The van der Waals surface area contributed by atoms with Crippen molar-refractivity contribution in [3.05, 3.63) is 34.3 Å². The Balaban J connectivity index is 2.13. The predicted molar refractivity (Wildman–Crippen MR) is 73.5 cm³/mol. The quantitative estimate of drug-likeness (QED) is 0.867. The highest BCUT2D eigenvalue weighted by molar-refractivity contribution is 7.07. The molecule has 0 aliphatic heterocycles. The lowest BCUT2D eigenvalue weighted by molar-refractivity contribution is 0.178. The first-order valence-electron chi connectivity index (χ1n) is 5.60. The van der Waals surface area contributed by atoms with Crippen molar-refractivity contribution in [3.8, 4) is 0 Å². The van der Waals surface area contributed by atoms with Gasteiger partial charge in [-0.3, -0.25) is 0 Å². The van der Waals surface area contributed by atoms with Gasteiger partial charge in [0.2, 0.25) is 0 Å². The van der Waals surface area contributed by atoms with Gasteiger partial charge in [-0.2, -0.15) is 11.3 Å². The van der Waals surface area contributed by atoms with Crippen molar-refractivity contribution in [1.82, 2.24) is 9.97 Å². The predicted octanol–water partition coefficient (Wildman–Crippen LogP) is 2.44. The zero-order chi connectivity index (χ0) is 13.0. The lowest BCUT2D eigenvalue weighted by Gasteiger charge is -2.14. The molecule has 1 atom stereocenters. The van der Waals surface area contributed by atoms with E-state index < -0.39 is 0 Å². The maximum absolute atomic E-state index is 5.74. The number of nitrogens with one attached hydrogen (secondary N) is 1. The second kappa shape index (κ2) is 5.79. The van der Waals surface area contributed by atoms with Crippen molar-refractivity contribution in [2.45, 2.75) is 19.6 Å². The summed E-state index contributed by atoms with van der Waals surface area (Å²) in [5, 5.41) is 7.47. The number of nitrogens with zero attached hydrogens (tertiary/aromatic N) is 2. The molecule has 1 unspecified atom stereocenters. The third-order valence-corrected chi connectivity index (χ3v) is 3.17. The van der Waals surface area contributed by atoms with Gasteiger partial charge in [0.05, 0.1) is 6.04 Å². The van der Waals surface area contributed by atoms with Crippen LogP contribution < -0.4 is 11.1 Å². The van der Waals surface area contributed by atoms with Gasteiger partial charge in [-0.05, 0) is 29.3 Å². The van der Waals surface area contributed by atoms with Crippen LogP contribution in [0.25, 0.3) is 0 Å². The minimum absolute atomic E-state index is 0.181. The molecule has 18 heavy (non-hydrogen) atoms. The van der Waals surface area contributed by atoms with E-state index in [0.29, 0.717) is 24.1 Å². The van der Waals surface area contributed by atoms with Gasteiger partial charge < -0.3 is 15.8 Å². The van der Waals surface area contributed by atoms with Crippen molar-refractivity contribution < 1.29 is 4.74 Å². The lowest BCUT2D eigenvalue weighted by atomic mass is 10.2. The standard InChI is InChI=1S/C12H16N4OS/c1-8(9-3-4-18-7-9)14-11-5-10(13)15-12(16-11)6-17-2/h3-5,7-8H,6H2,1-2H3,(H3,13,14,15,16). The van der Waals surface area contributed by atoms with Crippen LogP contribution >= 0.6 is 11.3 Å². The molecule has 2 heterocycles. The summed E-state index contributed by atoms with van der Waals surface area (Å²) in [7, 11) is 1.60. The molecule has 6 heteroatoms. The third-order valence-electron chi connectivity index (χ3n) is 2.47. The minimum atomic E-state index is 0.181. The van der Waals surface area contributed by atoms with Gasteiger partial charge in [-0.25, -0.2) is 9.97 Å². The maximum atomic E-state index is 5.74. The number of aromatic nitrogens is 2. The molecule has 2 aromatic heterocycles. The number of hydrogen-bond acceptors (Lipinski definition) is 6. The van der Waals surface area contributed by atoms with Gasteiger partial charge in [0.1, 0.15) is 18.2 Å². The lowest BCUT2D eigenvalue weighted by Crippen LogP contribution is -2.10. The van der Waals surface area contributed by atoms with E-state index in [0.717, 1.165) is 0 Å². The Hall–Kier alpha value is -1.66. The summed E-state index contributed by atoms with van der Waals surface area (Å²) in [6.45, 7) is 2.43. The van der Waals surface area contributed by atoms with E-state index in [4.69, 9.17) is 10.5 Å². The molecule has 0 aliphatic rings. The number of ether oxygens (including phenoxy) is 1. The van der Waals surface area contributed by atoms with Crippen LogP contribution in [-0.2, 0) is 11.3 Å². The van der Waals surface area contributed by atoms with Crippen molar-refractivity contribution in [2.24, 2.45) is 0 Å².